The summed E-state index contributed by atoms with van der Waals surface area (Å²) >= 11 is 6.39. The normalized spacial score (nSPS) is 11.1. The van der Waals surface area contributed by atoms with Crippen LogP contribution in [0.2, 0.25) is 5.02 Å². The zero-order chi connectivity index (χ0) is 26.3. The summed E-state index contributed by atoms with van der Waals surface area (Å²) in [4.78, 5) is 4.63. The summed E-state index contributed by atoms with van der Waals surface area (Å²) < 4.78 is 17.0. The van der Waals surface area contributed by atoms with Crippen LogP contribution in [0.5, 0.6) is 5.75 Å². The zero-order valence-electron chi connectivity index (χ0n) is 21.6. The molecule has 0 N–H and O–H groups in total. The largest absolute Gasteiger partial charge is 0.494 e. The van der Waals surface area contributed by atoms with Gasteiger partial charge in [0.2, 0.25) is 5.82 Å². The fourth-order valence-corrected chi connectivity index (χ4v) is 4.58. The molecule has 0 bridgehead atoms. The number of ether oxygens (including phenoxy) is 1. The third-order valence-electron chi connectivity index (χ3n) is 6.48. The van der Waals surface area contributed by atoms with Crippen LogP contribution in [0.3, 0.4) is 0 Å². The van der Waals surface area contributed by atoms with Crippen LogP contribution in [0.15, 0.2) is 81.8 Å². The number of aromatic nitrogens is 3. The van der Waals surface area contributed by atoms with E-state index in [0.29, 0.717) is 33.8 Å². The molecular weight excluding hydrogens is 498 g/mol. The number of benzene rings is 3. The van der Waals surface area contributed by atoms with Crippen LogP contribution in [0.25, 0.3) is 45.2 Å². The molecule has 2 aromatic heterocycles. The van der Waals surface area contributed by atoms with Crippen molar-refractivity contribution in [1.29, 1.82) is 0 Å². The van der Waals surface area contributed by atoms with Crippen molar-refractivity contribution < 1.29 is 13.8 Å². The van der Waals surface area contributed by atoms with Crippen LogP contribution >= 0.6 is 11.6 Å². The fraction of sp³-hybridized carbons (Fsp3) is 0.258. The average molecular weight is 528 g/mol. The molecule has 0 atom stereocenters. The van der Waals surface area contributed by atoms with Crippen molar-refractivity contribution >= 4 is 11.6 Å². The van der Waals surface area contributed by atoms with E-state index in [2.05, 4.69) is 46.5 Å². The Kier molecular flexibility index (Phi) is 8.19. The minimum absolute atomic E-state index is 0.332. The second kappa shape index (κ2) is 12.1. The monoisotopic (exact) mass is 527 g/mol. The highest BCUT2D eigenvalue weighted by molar-refractivity contribution is 6.33. The van der Waals surface area contributed by atoms with E-state index >= 15 is 0 Å². The maximum Gasteiger partial charge on any atom is 0.264 e. The highest BCUT2D eigenvalue weighted by Crippen LogP contribution is 2.37. The predicted octanol–water partition coefficient (Wildman–Crippen LogP) is 9.04. The minimum Gasteiger partial charge on any atom is -0.494 e. The molecule has 7 heteroatoms. The standard InChI is InChI=1S/C31H30ClN3O3/c1-3-4-5-6-9-20-36-25-18-16-23(17-19-25)22-12-14-24(15-13-22)30-33-31(38-35-30)28-21(2)37-34-29(28)26-10-7-8-11-27(26)32/h7-8,10-19H,3-6,9,20H2,1-2H3. The van der Waals surface area contributed by atoms with Gasteiger partial charge < -0.3 is 13.8 Å². The molecule has 0 aliphatic carbocycles. The third-order valence-corrected chi connectivity index (χ3v) is 6.81. The van der Waals surface area contributed by atoms with Crippen molar-refractivity contribution in [2.24, 2.45) is 0 Å². The lowest BCUT2D eigenvalue weighted by atomic mass is 10.0. The quantitative estimate of drug-likeness (QED) is 0.159. The maximum absolute atomic E-state index is 6.39. The molecule has 5 rings (SSSR count). The van der Waals surface area contributed by atoms with E-state index in [4.69, 9.17) is 25.4 Å². The molecule has 0 fully saturated rings. The zero-order valence-corrected chi connectivity index (χ0v) is 22.4. The van der Waals surface area contributed by atoms with E-state index in [0.717, 1.165) is 41.0 Å². The molecule has 0 radical (unpaired) electrons. The van der Waals surface area contributed by atoms with Crippen molar-refractivity contribution in [1.82, 2.24) is 15.3 Å². The molecule has 0 saturated carbocycles. The predicted molar refractivity (Wildman–Crippen MR) is 150 cm³/mol. The number of rotatable bonds is 11. The van der Waals surface area contributed by atoms with Crippen molar-refractivity contribution in [2.75, 3.05) is 6.61 Å². The van der Waals surface area contributed by atoms with Crippen LogP contribution in [0.1, 0.15) is 44.8 Å². The Hall–Kier alpha value is -3.90. The van der Waals surface area contributed by atoms with Gasteiger partial charge in [-0.15, -0.1) is 0 Å². The molecule has 38 heavy (non-hydrogen) atoms. The molecule has 0 aliphatic rings. The first-order valence-electron chi connectivity index (χ1n) is 13.0. The van der Waals surface area contributed by atoms with Gasteiger partial charge in [0.15, 0.2) is 0 Å². The van der Waals surface area contributed by atoms with E-state index < -0.39 is 0 Å². The minimum atomic E-state index is 0.332. The Morgan fingerprint density at radius 3 is 2.18 bits per heavy atom. The number of aryl methyl sites for hydroxylation is 1. The van der Waals surface area contributed by atoms with Gasteiger partial charge in [0, 0.05) is 11.1 Å². The first-order valence-corrected chi connectivity index (χ1v) is 13.4. The summed E-state index contributed by atoms with van der Waals surface area (Å²) in [6.45, 7) is 4.80. The van der Waals surface area contributed by atoms with Crippen molar-refractivity contribution in [3.05, 3.63) is 83.6 Å². The van der Waals surface area contributed by atoms with Gasteiger partial charge in [-0.1, -0.05) is 109 Å². The molecule has 3 aromatic carbocycles. The number of halogens is 1. The van der Waals surface area contributed by atoms with Crippen LogP contribution in [0.4, 0.5) is 0 Å². The van der Waals surface area contributed by atoms with Crippen LogP contribution in [0, 0.1) is 6.92 Å². The summed E-state index contributed by atoms with van der Waals surface area (Å²) in [5.74, 6) is 2.30. The van der Waals surface area contributed by atoms with E-state index in [9.17, 15) is 0 Å². The van der Waals surface area contributed by atoms with Crippen molar-refractivity contribution in [3.63, 3.8) is 0 Å². The molecule has 0 unspecified atom stereocenters. The number of hydrogen-bond donors (Lipinski definition) is 0. The summed E-state index contributed by atoms with van der Waals surface area (Å²) in [7, 11) is 0. The lowest BCUT2D eigenvalue weighted by Crippen LogP contribution is -1.97. The molecule has 2 heterocycles. The lowest BCUT2D eigenvalue weighted by molar-refractivity contribution is 0.304. The number of unbranched alkanes of at least 4 members (excludes halogenated alkanes) is 4. The van der Waals surface area contributed by atoms with Gasteiger partial charge in [0.05, 0.1) is 11.6 Å². The van der Waals surface area contributed by atoms with E-state index in [1.807, 2.05) is 55.5 Å². The van der Waals surface area contributed by atoms with Crippen molar-refractivity contribution in [2.45, 2.75) is 46.0 Å². The maximum atomic E-state index is 6.39. The van der Waals surface area contributed by atoms with Gasteiger partial charge in [-0.05, 0) is 42.7 Å². The Balaban J connectivity index is 1.27. The van der Waals surface area contributed by atoms with Gasteiger partial charge in [-0.3, -0.25) is 0 Å². The van der Waals surface area contributed by atoms with E-state index in [1.54, 1.807) is 0 Å². The van der Waals surface area contributed by atoms with Gasteiger partial charge in [0.25, 0.3) is 5.89 Å². The van der Waals surface area contributed by atoms with Gasteiger partial charge >= 0.3 is 0 Å². The Bertz CT molecular complexity index is 1470. The molecular formula is C31H30ClN3O3. The van der Waals surface area contributed by atoms with Crippen LogP contribution in [-0.2, 0) is 0 Å². The molecule has 0 aliphatic heterocycles. The van der Waals surface area contributed by atoms with Gasteiger partial charge in [-0.2, -0.15) is 4.98 Å². The molecule has 0 saturated heterocycles. The lowest BCUT2D eigenvalue weighted by Gasteiger charge is -2.08. The van der Waals surface area contributed by atoms with Gasteiger partial charge in [-0.25, -0.2) is 0 Å². The second-order valence-electron chi connectivity index (χ2n) is 9.23. The SMILES string of the molecule is CCCCCCCOc1ccc(-c2ccc(-c3noc(-c4c(-c5ccccc5Cl)noc4C)n3)cc2)cc1. The highest BCUT2D eigenvalue weighted by Gasteiger charge is 2.23. The molecule has 5 aromatic rings. The van der Waals surface area contributed by atoms with E-state index in [-0.39, 0.29) is 0 Å². The first kappa shape index (κ1) is 25.7. The molecule has 0 spiro atoms. The Labute approximate surface area is 227 Å². The summed E-state index contributed by atoms with van der Waals surface area (Å²) in [5, 5.41) is 8.96. The highest BCUT2D eigenvalue weighted by atomic mass is 35.5. The Morgan fingerprint density at radius 1 is 0.763 bits per heavy atom. The summed E-state index contributed by atoms with van der Waals surface area (Å²) in [6, 6.07) is 23.7. The van der Waals surface area contributed by atoms with Gasteiger partial charge in [0.1, 0.15) is 22.8 Å². The second-order valence-corrected chi connectivity index (χ2v) is 9.64. The van der Waals surface area contributed by atoms with Crippen LogP contribution < -0.4 is 4.74 Å². The Morgan fingerprint density at radius 2 is 1.45 bits per heavy atom. The average Bonchev–Trinajstić information content (AvgIpc) is 3.58. The van der Waals surface area contributed by atoms with Crippen molar-refractivity contribution in [3.8, 4) is 51.0 Å². The third kappa shape index (κ3) is 5.81. The summed E-state index contributed by atoms with van der Waals surface area (Å²) in [5.41, 5.74) is 5.01. The molecule has 194 valence electrons. The first-order chi connectivity index (χ1) is 18.6. The molecule has 6 nitrogen and oxygen atoms in total. The summed E-state index contributed by atoms with van der Waals surface area (Å²) in [6.07, 6.45) is 6.16. The number of nitrogens with zero attached hydrogens (tertiary/aromatic N) is 3. The van der Waals surface area contributed by atoms with Crippen LogP contribution in [-0.4, -0.2) is 21.9 Å². The fourth-order valence-electron chi connectivity index (χ4n) is 4.35. The smallest absolute Gasteiger partial charge is 0.264 e. The molecule has 0 amide bonds. The van der Waals surface area contributed by atoms with E-state index in [1.165, 1.54) is 25.7 Å². The number of hydrogen-bond acceptors (Lipinski definition) is 6. The topological polar surface area (TPSA) is 74.2 Å².